The van der Waals surface area contributed by atoms with Crippen molar-refractivity contribution in [2.45, 2.75) is 35.2 Å². The van der Waals surface area contributed by atoms with E-state index in [9.17, 15) is 30.8 Å². The van der Waals surface area contributed by atoms with Crippen molar-refractivity contribution in [2.24, 2.45) is 0 Å². The number of imidazole rings is 1. The third kappa shape index (κ3) is 4.23. The molecular weight excluding hydrogens is 491 g/mol. The molecule has 0 saturated carbocycles. The lowest BCUT2D eigenvalue weighted by atomic mass is 10.1. The lowest BCUT2D eigenvalue weighted by Crippen LogP contribution is -2.41. The summed E-state index contributed by atoms with van der Waals surface area (Å²) in [6.45, 7) is -0.697. The molecule has 0 aliphatic carbocycles. The van der Waals surface area contributed by atoms with Crippen molar-refractivity contribution in [3.63, 3.8) is 0 Å². The Morgan fingerprint density at radius 3 is 2.35 bits per heavy atom. The van der Waals surface area contributed by atoms with Crippen molar-refractivity contribution in [1.29, 1.82) is 0 Å². The van der Waals surface area contributed by atoms with Crippen LogP contribution in [0, 0.1) is 5.82 Å². The van der Waals surface area contributed by atoms with E-state index in [1.165, 1.54) is 28.8 Å². The van der Waals surface area contributed by atoms with Gasteiger partial charge in [-0.15, -0.1) is 0 Å². The minimum atomic E-state index is -4.13. The third-order valence-electron chi connectivity index (χ3n) is 5.72. The Labute approximate surface area is 194 Å². The third-order valence-corrected chi connectivity index (χ3v) is 8.96. The van der Waals surface area contributed by atoms with Crippen LogP contribution < -0.4 is 5.69 Å². The van der Waals surface area contributed by atoms with Crippen LogP contribution >= 0.6 is 0 Å². The molecule has 34 heavy (non-hydrogen) atoms. The maximum Gasteiger partial charge on any atom is 0.331 e. The van der Waals surface area contributed by atoms with Crippen LogP contribution in [0.4, 0.5) is 4.39 Å². The second kappa shape index (κ2) is 8.60. The maximum atomic E-state index is 13.7. The molecule has 14 heteroatoms. The van der Waals surface area contributed by atoms with Gasteiger partial charge in [0.2, 0.25) is 10.0 Å². The van der Waals surface area contributed by atoms with Crippen LogP contribution in [-0.4, -0.2) is 65.7 Å². The zero-order valence-corrected chi connectivity index (χ0v) is 19.6. The molecule has 0 radical (unpaired) electrons. The Bertz CT molecular complexity index is 1550. The average Bonchev–Trinajstić information content (AvgIpc) is 3.03. The van der Waals surface area contributed by atoms with Gasteiger partial charge >= 0.3 is 11.7 Å². The van der Waals surface area contributed by atoms with E-state index in [0.717, 1.165) is 27.4 Å². The number of carbonyl (C=O) groups is 1. The van der Waals surface area contributed by atoms with Crippen LogP contribution in [0.25, 0.3) is 11.2 Å². The van der Waals surface area contributed by atoms with Crippen molar-refractivity contribution < 1.29 is 31.1 Å². The molecule has 1 fully saturated rings. The monoisotopic (exact) mass is 512 g/mol. The number of nitrogens with zero attached hydrogens (tertiary/aromatic N) is 4. The number of rotatable bonds is 6. The minimum absolute atomic E-state index is 0.00959. The van der Waals surface area contributed by atoms with Gasteiger partial charge in [-0.1, -0.05) is 12.1 Å². The summed E-state index contributed by atoms with van der Waals surface area (Å²) in [6, 6.07) is 5.87. The summed E-state index contributed by atoms with van der Waals surface area (Å²) in [7, 11) is -7.92. The van der Waals surface area contributed by atoms with Gasteiger partial charge in [0.05, 0.1) is 16.6 Å². The highest BCUT2D eigenvalue weighted by Crippen LogP contribution is 2.30. The Balaban J connectivity index is 1.67. The number of aliphatic carboxylic acids is 1. The van der Waals surface area contributed by atoms with Gasteiger partial charge in [-0.3, -0.25) is 13.9 Å². The number of piperidine rings is 1. The summed E-state index contributed by atoms with van der Waals surface area (Å²) in [4.78, 5) is 27.6. The first-order valence-corrected chi connectivity index (χ1v) is 13.5. The number of sulfonamides is 1. The smallest absolute Gasteiger partial charge is 0.331 e. The molecule has 2 aromatic heterocycles. The molecule has 0 amide bonds. The summed E-state index contributed by atoms with van der Waals surface area (Å²) >= 11 is 0. The molecule has 11 nitrogen and oxygen atoms in total. The number of pyridine rings is 1. The largest absolute Gasteiger partial charge is 0.480 e. The van der Waals surface area contributed by atoms with E-state index >= 15 is 0 Å². The normalized spacial score (nSPS) is 16.2. The summed E-state index contributed by atoms with van der Waals surface area (Å²) in [5, 5.41) is 9.15. The van der Waals surface area contributed by atoms with E-state index in [-0.39, 0.29) is 46.9 Å². The topological polar surface area (TPSA) is 149 Å². The summed E-state index contributed by atoms with van der Waals surface area (Å²) in [5.74, 6) is -2.01. The van der Waals surface area contributed by atoms with Gasteiger partial charge in [0.15, 0.2) is 15.5 Å². The maximum absolute atomic E-state index is 13.7. The van der Waals surface area contributed by atoms with Gasteiger partial charge in [-0.25, -0.2) is 31.0 Å². The molecule has 0 atom stereocenters. The molecule has 4 rings (SSSR count). The molecule has 1 saturated heterocycles. The van der Waals surface area contributed by atoms with Gasteiger partial charge in [0.1, 0.15) is 17.3 Å². The van der Waals surface area contributed by atoms with Crippen molar-refractivity contribution in [2.75, 3.05) is 19.3 Å². The molecular formula is C20H21FN4O7S2. The van der Waals surface area contributed by atoms with Crippen LogP contribution in [-0.2, 0) is 31.2 Å². The van der Waals surface area contributed by atoms with E-state index in [1.54, 1.807) is 0 Å². The fraction of sp³-hybridized carbons (Fsp3) is 0.350. The van der Waals surface area contributed by atoms with Crippen molar-refractivity contribution >= 4 is 37.0 Å². The number of hydrogen-bond donors (Lipinski definition) is 1. The zero-order chi connectivity index (χ0) is 24.8. The second-order valence-corrected chi connectivity index (χ2v) is 11.9. The molecule has 1 N–H and O–H groups in total. The number of benzene rings is 1. The first-order valence-electron chi connectivity index (χ1n) is 10.2. The summed E-state index contributed by atoms with van der Waals surface area (Å²) in [6.07, 6.45) is 2.23. The zero-order valence-electron chi connectivity index (χ0n) is 18.0. The molecule has 1 aliphatic rings. The Hall–Kier alpha value is -3.10. The van der Waals surface area contributed by atoms with E-state index in [2.05, 4.69) is 4.98 Å². The van der Waals surface area contributed by atoms with Crippen LogP contribution in [0.3, 0.4) is 0 Å². The van der Waals surface area contributed by atoms with Crippen LogP contribution in [0.2, 0.25) is 0 Å². The number of carboxylic acid groups (broad SMARTS) is 1. The van der Waals surface area contributed by atoms with E-state index in [4.69, 9.17) is 5.11 Å². The predicted octanol–water partition coefficient (Wildman–Crippen LogP) is 0.851. The van der Waals surface area contributed by atoms with Crippen molar-refractivity contribution in [1.82, 2.24) is 18.4 Å². The number of fused-ring (bicyclic) bond motifs is 1. The van der Waals surface area contributed by atoms with E-state index in [1.807, 2.05) is 0 Å². The molecule has 1 aromatic carbocycles. The minimum Gasteiger partial charge on any atom is -0.480 e. The Morgan fingerprint density at radius 2 is 1.76 bits per heavy atom. The molecule has 0 unspecified atom stereocenters. The van der Waals surface area contributed by atoms with E-state index < -0.39 is 49.9 Å². The number of aromatic nitrogens is 3. The molecule has 182 valence electrons. The van der Waals surface area contributed by atoms with Gasteiger partial charge in [-0.2, -0.15) is 4.31 Å². The average molecular weight is 513 g/mol. The SMILES string of the molecule is CS(=O)(=O)c1ccccc1S(=O)(=O)N1CCC(n2c(=O)n(CC(=O)O)c3cc(F)cnc32)CC1. The number of carboxylic acids is 1. The van der Waals surface area contributed by atoms with Crippen LogP contribution in [0.5, 0.6) is 0 Å². The lowest BCUT2D eigenvalue weighted by Gasteiger charge is -2.32. The van der Waals surface area contributed by atoms with Gasteiger partial charge < -0.3 is 5.11 Å². The van der Waals surface area contributed by atoms with Gasteiger partial charge in [0.25, 0.3) is 0 Å². The second-order valence-electron chi connectivity index (χ2n) is 7.98. The van der Waals surface area contributed by atoms with Crippen LogP contribution in [0.15, 0.2) is 51.1 Å². The molecule has 0 spiro atoms. The predicted molar refractivity (Wildman–Crippen MR) is 118 cm³/mol. The Morgan fingerprint density at radius 1 is 1.15 bits per heavy atom. The molecule has 3 heterocycles. The summed E-state index contributed by atoms with van der Waals surface area (Å²) < 4.78 is 67.7. The number of sulfone groups is 1. The fourth-order valence-corrected chi connectivity index (χ4v) is 7.27. The number of hydrogen-bond acceptors (Lipinski definition) is 7. The van der Waals surface area contributed by atoms with Gasteiger partial charge in [-0.05, 0) is 25.0 Å². The number of halogens is 1. The molecule has 3 aromatic rings. The standard InChI is InChI=1S/C20H21FN4O7S2/c1-33(29,30)16-4-2-3-5-17(16)34(31,32)23-8-6-14(7-9-23)25-19-15(10-13(21)11-22-19)24(20(25)28)12-18(26)27/h2-5,10-11,14H,6-9,12H2,1H3,(H,26,27). The van der Waals surface area contributed by atoms with Crippen LogP contribution in [0.1, 0.15) is 18.9 Å². The first-order chi connectivity index (χ1) is 15.9. The molecule has 0 bridgehead atoms. The van der Waals surface area contributed by atoms with Gasteiger partial charge in [0, 0.05) is 31.5 Å². The quantitative estimate of drug-likeness (QED) is 0.511. The highest BCUT2D eigenvalue weighted by atomic mass is 32.2. The highest BCUT2D eigenvalue weighted by molar-refractivity contribution is 7.93. The van der Waals surface area contributed by atoms with Crippen molar-refractivity contribution in [3.05, 3.63) is 52.8 Å². The Kier molecular flexibility index (Phi) is 6.08. The summed E-state index contributed by atoms with van der Waals surface area (Å²) in [5.41, 5.74) is -0.542. The lowest BCUT2D eigenvalue weighted by molar-refractivity contribution is -0.137. The molecule has 1 aliphatic heterocycles. The fourth-order valence-electron chi connectivity index (χ4n) is 4.20. The van der Waals surface area contributed by atoms with Crippen molar-refractivity contribution in [3.8, 4) is 0 Å². The van der Waals surface area contributed by atoms with E-state index in [0.29, 0.717) is 0 Å². The first kappa shape index (κ1) is 24.0. The highest BCUT2D eigenvalue weighted by Gasteiger charge is 2.34.